The minimum Gasteiger partial charge on any atom is -0.381 e. The molecule has 0 aromatic heterocycles. The van der Waals surface area contributed by atoms with Crippen LogP contribution in [-0.2, 0) is 0 Å². The van der Waals surface area contributed by atoms with Crippen LogP contribution in [0.4, 0.5) is 10.1 Å². The molecule has 0 saturated carbocycles. The predicted octanol–water partition coefficient (Wildman–Crippen LogP) is 3.75. The van der Waals surface area contributed by atoms with Crippen LogP contribution >= 0.6 is 27.5 Å². The molecule has 13 heavy (non-hydrogen) atoms. The number of rotatable bonds is 3. The van der Waals surface area contributed by atoms with Crippen molar-refractivity contribution in [2.24, 2.45) is 0 Å². The van der Waals surface area contributed by atoms with E-state index in [0.29, 0.717) is 11.0 Å². The Morgan fingerprint density at radius 3 is 2.92 bits per heavy atom. The van der Waals surface area contributed by atoms with Gasteiger partial charge in [-0.15, -0.1) is 0 Å². The normalized spacial score (nSPS) is 10.7. The summed E-state index contributed by atoms with van der Waals surface area (Å²) in [6.07, 6.45) is 1.74. The van der Waals surface area contributed by atoms with E-state index >= 15 is 0 Å². The van der Waals surface area contributed by atoms with E-state index in [0.717, 1.165) is 5.69 Å². The molecule has 0 unspecified atom stereocenters. The third-order valence-corrected chi connectivity index (χ3v) is 2.25. The molecule has 0 aliphatic rings. The van der Waals surface area contributed by atoms with Gasteiger partial charge in [-0.1, -0.05) is 17.7 Å². The van der Waals surface area contributed by atoms with Gasteiger partial charge in [-0.25, -0.2) is 4.39 Å². The largest absolute Gasteiger partial charge is 0.381 e. The molecular weight excluding hydrogens is 256 g/mol. The van der Waals surface area contributed by atoms with E-state index in [1.165, 1.54) is 11.6 Å². The van der Waals surface area contributed by atoms with Gasteiger partial charge in [0.2, 0.25) is 0 Å². The molecule has 0 fully saturated rings. The number of hydrogen-bond donors (Lipinski definition) is 1. The molecule has 1 rings (SSSR count). The van der Waals surface area contributed by atoms with Crippen LogP contribution in [0.25, 0.3) is 0 Å². The Kier molecular flexibility index (Phi) is 4.25. The van der Waals surface area contributed by atoms with Gasteiger partial charge in [0.25, 0.3) is 0 Å². The molecule has 0 atom stereocenters. The number of halogens is 3. The van der Waals surface area contributed by atoms with Crippen LogP contribution < -0.4 is 5.32 Å². The van der Waals surface area contributed by atoms with Gasteiger partial charge in [-0.05, 0) is 34.1 Å². The summed E-state index contributed by atoms with van der Waals surface area (Å²) in [5, 5.41) is 2.98. The van der Waals surface area contributed by atoms with Gasteiger partial charge in [0.1, 0.15) is 5.82 Å². The average Bonchev–Trinajstić information content (AvgIpc) is 2.12. The molecular formula is C9H8BrClFN. The molecule has 0 aliphatic heterocycles. The van der Waals surface area contributed by atoms with E-state index in [9.17, 15) is 4.39 Å². The first kappa shape index (κ1) is 10.5. The smallest absolute Gasteiger partial charge is 0.139 e. The summed E-state index contributed by atoms with van der Waals surface area (Å²) < 4.78 is 13.4. The van der Waals surface area contributed by atoms with Crippen molar-refractivity contribution >= 4 is 33.2 Å². The Balaban J connectivity index is 2.63. The highest BCUT2D eigenvalue weighted by molar-refractivity contribution is 9.10. The molecule has 0 bridgehead atoms. The summed E-state index contributed by atoms with van der Waals surface area (Å²) in [5.74, 6) is -0.278. The molecule has 1 aromatic rings. The van der Waals surface area contributed by atoms with Crippen LogP contribution in [0.3, 0.4) is 0 Å². The van der Waals surface area contributed by atoms with Gasteiger partial charge < -0.3 is 5.32 Å². The molecule has 0 spiro atoms. The van der Waals surface area contributed by atoms with Crippen LogP contribution in [0, 0.1) is 5.82 Å². The highest BCUT2D eigenvalue weighted by atomic mass is 79.9. The zero-order valence-corrected chi connectivity index (χ0v) is 9.07. The monoisotopic (exact) mass is 263 g/mol. The van der Waals surface area contributed by atoms with E-state index < -0.39 is 0 Å². The first-order valence-corrected chi connectivity index (χ1v) is 4.91. The lowest BCUT2D eigenvalue weighted by molar-refractivity contribution is 0.621. The highest BCUT2D eigenvalue weighted by Crippen LogP contribution is 2.18. The summed E-state index contributed by atoms with van der Waals surface area (Å²) in [5.41, 5.74) is 2.15. The van der Waals surface area contributed by atoms with Crippen molar-refractivity contribution < 1.29 is 4.39 Å². The van der Waals surface area contributed by atoms with Crippen molar-refractivity contribution in [2.75, 3.05) is 11.9 Å². The van der Waals surface area contributed by atoms with Gasteiger partial charge in [0.15, 0.2) is 0 Å². The second kappa shape index (κ2) is 5.25. The zero-order valence-electron chi connectivity index (χ0n) is 6.73. The fraction of sp³-hybridized carbons (Fsp3) is 0.111. The lowest BCUT2D eigenvalue weighted by atomic mass is 10.3. The fourth-order valence-corrected chi connectivity index (χ4v) is 1.16. The maximum atomic E-state index is 13.0. The zero-order chi connectivity index (χ0) is 9.68. The van der Waals surface area contributed by atoms with Crippen molar-refractivity contribution in [3.8, 4) is 0 Å². The summed E-state index contributed by atoms with van der Waals surface area (Å²) in [4.78, 5) is 0. The van der Waals surface area contributed by atoms with E-state index in [2.05, 4.69) is 21.2 Å². The molecule has 1 nitrogen and oxygen atoms in total. The Morgan fingerprint density at radius 1 is 1.54 bits per heavy atom. The third-order valence-electron chi connectivity index (χ3n) is 1.43. The lowest BCUT2D eigenvalue weighted by Gasteiger charge is -2.03. The molecule has 0 aliphatic carbocycles. The Morgan fingerprint density at radius 2 is 2.31 bits per heavy atom. The molecule has 0 radical (unpaired) electrons. The second-order valence-corrected chi connectivity index (χ2v) is 3.48. The van der Waals surface area contributed by atoms with E-state index in [1.807, 2.05) is 0 Å². The minimum absolute atomic E-state index is 0.278. The molecule has 0 heterocycles. The predicted molar refractivity (Wildman–Crippen MR) is 57.6 cm³/mol. The van der Waals surface area contributed by atoms with Gasteiger partial charge in [-0.3, -0.25) is 0 Å². The molecule has 70 valence electrons. The number of nitrogens with one attached hydrogen (secondary N) is 1. The molecule has 0 amide bonds. The summed E-state index contributed by atoms with van der Waals surface area (Å²) >= 11 is 8.40. The topological polar surface area (TPSA) is 12.0 Å². The van der Waals surface area contributed by atoms with Crippen molar-refractivity contribution in [1.82, 2.24) is 0 Å². The summed E-state index contributed by atoms with van der Waals surface area (Å²) in [6, 6.07) is 4.86. The van der Waals surface area contributed by atoms with Crippen molar-refractivity contribution in [3.63, 3.8) is 0 Å². The van der Waals surface area contributed by atoms with Crippen LogP contribution in [-0.4, -0.2) is 6.54 Å². The van der Waals surface area contributed by atoms with Crippen LogP contribution in [0.2, 0.25) is 0 Å². The van der Waals surface area contributed by atoms with E-state index in [1.54, 1.807) is 18.2 Å². The Bertz CT molecular complexity index is 314. The first-order valence-electron chi connectivity index (χ1n) is 3.68. The number of anilines is 1. The SMILES string of the molecule is Fc1cc(NC/C=C/Cl)ccc1Br. The standard InChI is InChI=1S/C9H8BrClFN/c10-8-3-2-7(6-9(8)12)13-5-1-4-11/h1-4,6,13H,5H2/b4-1+. The Hall–Kier alpha value is -0.540. The van der Waals surface area contributed by atoms with Crippen molar-refractivity contribution in [3.05, 3.63) is 40.1 Å². The fourth-order valence-electron chi connectivity index (χ4n) is 0.827. The van der Waals surface area contributed by atoms with Gasteiger partial charge in [0, 0.05) is 17.8 Å². The molecule has 1 aromatic carbocycles. The lowest BCUT2D eigenvalue weighted by Crippen LogP contribution is -1.97. The molecule has 0 saturated heterocycles. The van der Waals surface area contributed by atoms with E-state index in [4.69, 9.17) is 11.6 Å². The quantitative estimate of drug-likeness (QED) is 0.877. The van der Waals surface area contributed by atoms with Crippen LogP contribution in [0.5, 0.6) is 0 Å². The van der Waals surface area contributed by atoms with Gasteiger partial charge >= 0.3 is 0 Å². The van der Waals surface area contributed by atoms with Crippen LogP contribution in [0.1, 0.15) is 0 Å². The first-order chi connectivity index (χ1) is 6.24. The number of hydrogen-bond acceptors (Lipinski definition) is 1. The van der Waals surface area contributed by atoms with Gasteiger partial charge in [0.05, 0.1) is 4.47 Å². The molecule has 1 N–H and O–H groups in total. The molecule has 4 heteroatoms. The maximum absolute atomic E-state index is 13.0. The maximum Gasteiger partial charge on any atom is 0.139 e. The highest BCUT2D eigenvalue weighted by Gasteiger charge is 1.98. The number of benzene rings is 1. The van der Waals surface area contributed by atoms with Crippen molar-refractivity contribution in [2.45, 2.75) is 0 Å². The summed E-state index contributed by atoms with van der Waals surface area (Å²) in [6.45, 7) is 0.588. The van der Waals surface area contributed by atoms with Crippen LogP contribution in [0.15, 0.2) is 34.3 Å². The summed E-state index contributed by atoms with van der Waals surface area (Å²) in [7, 11) is 0. The van der Waals surface area contributed by atoms with Crippen molar-refractivity contribution in [1.29, 1.82) is 0 Å². The second-order valence-electron chi connectivity index (χ2n) is 2.37. The van der Waals surface area contributed by atoms with Gasteiger partial charge in [-0.2, -0.15) is 0 Å². The Labute approximate surface area is 89.7 Å². The third kappa shape index (κ3) is 3.36. The average molecular weight is 265 g/mol. The van der Waals surface area contributed by atoms with E-state index in [-0.39, 0.29) is 5.82 Å². The minimum atomic E-state index is -0.278.